The predicted octanol–water partition coefficient (Wildman–Crippen LogP) is 5.74. The second-order valence-electron chi connectivity index (χ2n) is 10.6. The third kappa shape index (κ3) is 5.57. The average Bonchev–Trinajstić information content (AvgIpc) is 3.46. The summed E-state index contributed by atoms with van der Waals surface area (Å²) >= 11 is 0. The Kier molecular flexibility index (Phi) is 6.39. The average molecular weight is 518 g/mol. The zero-order valence-electron chi connectivity index (χ0n) is 21.2. The zero-order chi connectivity index (χ0) is 26.4. The maximum absolute atomic E-state index is 12.8. The Morgan fingerprint density at radius 3 is 2.54 bits per heavy atom. The van der Waals surface area contributed by atoms with Gasteiger partial charge in [-0.25, -0.2) is 4.98 Å². The van der Waals surface area contributed by atoms with Crippen molar-refractivity contribution in [2.45, 2.75) is 64.0 Å². The number of nitrogens with zero attached hydrogens (tertiary/aromatic N) is 3. The first-order valence-electron chi connectivity index (χ1n) is 12.2. The summed E-state index contributed by atoms with van der Waals surface area (Å²) in [6.07, 6.45) is 1.04. The summed E-state index contributed by atoms with van der Waals surface area (Å²) in [5.41, 5.74) is 2.85. The fourth-order valence-corrected chi connectivity index (χ4v) is 4.74. The molecule has 1 aliphatic carbocycles. The lowest BCUT2D eigenvalue weighted by Gasteiger charge is -2.31. The van der Waals surface area contributed by atoms with E-state index in [0.717, 1.165) is 22.9 Å². The SMILES string of the molecule is Cc1cc(-c2nnc(N[C@H]3CC=CC4(C3)OCCO4)o2)nc2c(C(C)(C)C)cc(NCC(F)(F)F)cc12. The monoisotopic (exact) mass is 517 g/mol. The Labute approximate surface area is 212 Å². The zero-order valence-corrected chi connectivity index (χ0v) is 21.2. The molecule has 0 amide bonds. The highest BCUT2D eigenvalue weighted by molar-refractivity contribution is 5.90. The number of pyridine rings is 1. The first kappa shape index (κ1) is 25.5. The van der Waals surface area contributed by atoms with Crippen molar-refractivity contribution in [3.8, 4) is 11.6 Å². The number of benzene rings is 1. The van der Waals surface area contributed by atoms with Crippen molar-refractivity contribution < 1.29 is 27.1 Å². The van der Waals surface area contributed by atoms with Crippen LogP contribution in [-0.2, 0) is 14.9 Å². The maximum atomic E-state index is 12.8. The van der Waals surface area contributed by atoms with Crippen LogP contribution >= 0.6 is 0 Å². The number of aryl methyl sites for hydroxylation is 1. The van der Waals surface area contributed by atoms with Crippen LogP contribution in [-0.4, -0.2) is 52.9 Å². The van der Waals surface area contributed by atoms with Gasteiger partial charge >= 0.3 is 12.2 Å². The predicted molar refractivity (Wildman–Crippen MR) is 133 cm³/mol. The van der Waals surface area contributed by atoms with Crippen LogP contribution in [0.15, 0.2) is 34.8 Å². The molecule has 5 rings (SSSR count). The van der Waals surface area contributed by atoms with Crippen molar-refractivity contribution in [1.82, 2.24) is 15.2 Å². The van der Waals surface area contributed by atoms with Crippen molar-refractivity contribution in [2.75, 3.05) is 30.4 Å². The van der Waals surface area contributed by atoms with Gasteiger partial charge in [-0.3, -0.25) is 0 Å². The Hall–Kier alpha value is -3.18. The summed E-state index contributed by atoms with van der Waals surface area (Å²) in [5.74, 6) is -0.450. The van der Waals surface area contributed by atoms with Crippen molar-refractivity contribution in [2.24, 2.45) is 0 Å². The van der Waals surface area contributed by atoms with Crippen molar-refractivity contribution in [1.29, 1.82) is 0 Å². The molecule has 1 spiro atoms. The molecule has 8 nitrogen and oxygen atoms in total. The molecule has 1 saturated heterocycles. The van der Waals surface area contributed by atoms with Gasteiger partial charge in [0.1, 0.15) is 12.2 Å². The lowest BCUT2D eigenvalue weighted by atomic mass is 9.84. The molecule has 2 N–H and O–H groups in total. The molecule has 2 aliphatic rings. The molecule has 198 valence electrons. The van der Waals surface area contributed by atoms with Gasteiger partial charge in [0.2, 0.25) is 0 Å². The van der Waals surface area contributed by atoms with Crippen LogP contribution in [0.4, 0.5) is 24.9 Å². The molecule has 1 fully saturated rings. The Balaban J connectivity index is 1.43. The fraction of sp³-hybridized carbons (Fsp3) is 0.500. The molecule has 37 heavy (non-hydrogen) atoms. The van der Waals surface area contributed by atoms with Gasteiger partial charge in [-0.1, -0.05) is 31.9 Å². The van der Waals surface area contributed by atoms with Gasteiger partial charge in [0.15, 0.2) is 5.79 Å². The summed E-state index contributed by atoms with van der Waals surface area (Å²) < 4.78 is 55.9. The van der Waals surface area contributed by atoms with Crippen LogP contribution < -0.4 is 10.6 Å². The number of nitrogens with one attached hydrogen (secondary N) is 2. The van der Waals surface area contributed by atoms with Gasteiger partial charge in [0, 0.05) is 23.5 Å². The number of anilines is 2. The van der Waals surface area contributed by atoms with E-state index >= 15 is 0 Å². The number of ether oxygens (including phenoxy) is 2. The highest BCUT2D eigenvalue weighted by Gasteiger charge is 2.39. The molecule has 1 aliphatic heterocycles. The van der Waals surface area contributed by atoms with E-state index in [1.54, 1.807) is 18.2 Å². The van der Waals surface area contributed by atoms with E-state index in [0.29, 0.717) is 36.5 Å². The lowest BCUT2D eigenvalue weighted by Crippen LogP contribution is -2.38. The first-order valence-corrected chi connectivity index (χ1v) is 12.2. The molecule has 1 atom stereocenters. The molecular formula is C26H30F3N5O3. The van der Waals surface area contributed by atoms with Gasteiger partial charge in [-0.2, -0.15) is 13.2 Å². The maximum Gasteiger partial charge on any atom is 0.405 e. The minimum absolute atomic E-state index is 0.00203. The van der Waals surface area contributed by atoms with Crippen LogP contribution in [0, 0.1) is 6.92 Å². The largest absolute Gasteiger partial charge is 0.405 e. The molecule has 1 aromatic carbocycles. The van der Waals surface area contributed by atoms with Crippen LogP contribution in [0.3, 0.4) is 0 Å². The van der Waals surface area contributed by atoms with E-state index in [2.05, 4.69) is 20.8 Å². The number of fused-ring (bicyclic) bond motifs is 1. The van der Waals surface area contributed by atoms with Crippen LogP contribution in [0.2, 0.25) is 0 Å². The molecule has 0 bridgehead atoms. The van der Waals surface area contributed by atoms with E-state index in [-0.39, 0.29) is 23.4 Å². The minimum atomic E-state index is -4.32. The number of hydrogen-bond acceptors (Lipinski definition) is 8. The summed E-state index contributed by atoms with van der Waals surface area (Å²) in [7, 11) is 0. The van der Waals surface area contributed by atoms with E-state index < -0.39 is 18.5 Å². The summed E-state index contributed by atoms with van der Waals surface area (Å²) in [6.45, 7) is 7.89. The van der Waals surface area contributed by atoms with Crippen molar-refractivity contribution in [3.05, 3.63) is 41.5 Å². The van der Waals surface area contributed by atoms with Crippen molar-refractivity contribution >= 4 is 22.6 Å². The number of hydrogen-bond donors (Lipinski definition) is 2. The third-order valence-electron chi connectivity index (χ3n) is 6.49. The molecule has 11 heteroatoms. The summed E-state index contributed by atoms with van der Waals surface area (Å²) in [6, 6.07) is 5.50. The van der Waals surface area contributed by atoms with Gasteiger partial charge in [0.05, 0.1) is 18.7 Å². The highest BCUT2D eigenvalue weighted by Crippen LogP contribution is 2.36. The molecule has 0 saturated carbocycles. The van der Waals surface area contributed by atoms with Crippen LogP contribution in [0.1, 0.15) is 44.7 Å². The van der Waals surface area contributed by atoms with E-state index in [1.165, 1.54) is 0 Å². The van der Waals surface area contributed by atoms with E-state index in [1.807, 2.05) is 39.8 Å². The van der Waals surface area contributed by atoms with Crippen LogP contribution in [0.25, 0.3) is 22.5 Å². The van der Waals surface area contributed by atoms with Crippen molar-refractivity contribution in [3.63, 3.8) is 0 Å². The standard InChI is InChI=1S/C26H30F3N5O3/c1-15-10-20(22-33-34-23(37-22)31-16-6-5-7-25(13-16)35-8-9-36-25)32-21-18(15)11-17(30-14-26(27,28)29)12-19(21)24(2,3)4/h5,7,10-12,16,30H,6,8-9,13-14H2,1-4H3,(H,31,34)/t16-/m0/s1. The second-order valence-corrected chi connectivity index (χ2v) is 10.6. The normalized spacial score (nSPS) is 19.6. The second kappa shape index (κ2) is 9.29. The first-order chi connectivity index (χ1) is 17.4. The Bertz CT molecular complexity index is 1320. The van der Waals surface area contributed by atoms with Crippen LogP contribution in [0.5, 0.6) is 0 Å². The van der Waals surface area contributed by atoms with Gasteiger partial charge < -0.3 is 24.5 Å². The fourth-order valence-electron chi connectivity index (χ4n) is 4.74. The topological polar surface area (TPSA) is 94.3 Å². The molecule has 0 radical (unpaired) electrons. The molecule has 2 aromatic heterocycles. The number of halogens is 3. The Morgan fingerprint density at radius 1 is 1.08 bits per heavy atom. The van der Waals surface area contributed by atoms with Gasteiger partial charge in [0.25, 0.3) is 5.89 Å². The van der Waals surface area contributed by atoms with E-state index in [9.17, 15) is 13.2 Å². The number of aromatic nitrogens is 3. The smallest absolute Gasteiger partial charge is 0.402 e. The highest BCUT2D eigenvalue weighted by atomic mass is 19.4. The molecule has 3 aromatic rings. The lowest BCUT2D eigenvalue weighted by molar-refractivity contribution is -0.126. The number of alkyl halides is 3. The summed E-state index contributed by atoms with van der Waals surface area (Å²) in [4.78, 5) is 4.82. The molecule has 3 heterocycles. The third-order valence-corrected chi connectivity index (χ3v) is 6.49. The minimum Gasteiger partial charge on any atom is -0.402 e. The molecule has 0 unspecified atom stereocenters. The van der Waals surface area contributed by atoms with Gasteiger partial charge in [-0.15, -0.1) is 5.10 Å². The van der Waals surface area contributed by atoms with E-state index in [4.69, 9.17) is 18.9 Å². The Morgan fingerprint density at radius 2 is 1.84 bits per heavy atom. The summed E-state index contributed by atoms with van der Waals surface area (Å²) in [5, 5.41) is 14.9. The quantitative estimate of drug-likeness (QED) is 0.414. The number of rotatable bonds is 5. The van der Waals surface area contributed by atoms with Gasteiger partial charge in [-0.05, 0) is 54.2 Å². The molecular weight excluding hydrogens is 487 g/mol.